The smallest absolute Gasteiger partial charge is 0.344 e. The van der Waals surface area contributed by atoms with E-state index < -0.39 is 0 Å². The van der Waals surface area contributed by atoms with Crippen LogP contribution >= 0.6 is 0 Å². The molecule has 0 heterocycles. The standard InChI is InChI=1S/C34H33FO5/c1-3-37-33(36)22-39-32-18-23(2)34(30-11-7-10-29(30)32)40-28-16-17-31(38-21-25-8-5-4-6-9-25)26(20-28)19-24-12-14-27(35)15-13-24/h4-6,8-9,12-18,20H,3,7,10-11,19,21-22H2,1-2H3. The second-order valence-corrected chi connectivity index (χ2v) is 9.87. The topological polar surface area (TPSA) is 54.0 Å². The number of benzene rings is 4. The summed E-state index contributed by atoms with van der Waals surface area (Å²) in [6.45, 7) is 4.42. The van der Waals surface area contributed by atoms with Gasteiger partial charge in [0, 0.05) is 23.1 Å². The quantitative estimate of drug-likeness (QED) is 0.184. The molecule has 0 aliphatic heterocycles. The number of hydrogen-bond donors (Lipinski definition) is 0. The lowest BCUT2D eigenvalue weighted by atomic mass is 10.0. The minimum atomic E-state index is -0.379. The van der Waals surface area contributed by atoms with Gasteiger partial charge >= 0.3 is 5.97 Å². The normalized spacial score (nSPS) is 12.1. The predicted molar refractivity (Wildman–Crippen MR) is 152 cm³/mol. The molecule has 5 rings (SSSR count). The molecule has 1 aliphatic rings. The summed E-state index contributed by atoms with van der Waals surface area (Å²) in [5.41, 5.74) is 6.13. The maximum atomic E-state index is 13.5. The summed E-state index contributed by atoms with van der Waals surface area (Å²) in [5, 5.41) is 0. The number of halogens is 1. The lowest BCUT2D eigenvalue weighted by molar-refractivity contribution is -0.145. The molecule has 1 aliphatic carbocycles. The summed E-state index contributed by atoms with van der Waals surface area (Å²) >= 11 is 0. The van der Waals surface area contributed by atoms with E-state index in [2.05, 4.69) is 0 Å². The van der Waals surface area contributed by atoms with E-state index in [1.807, 2.05) is 61.5 Å². The summed E-state index contributed by atoms with van der Waals surface area (Å²) < 4.78 is 37.1. The van der Waals surface area contributed by atoms with Crippen LogP contribution in [0.1, 0.15) is 46.7 Å². The Morgan fingerprint density at radius 1 is 0.850 bits per heavy atom. The molecule has 6 heteroatoms. The first-order valence-corrected chi connectivity index (χ1v) is 13.7. The van der Waals surface area contributed by atoms with E-state index in [1.165, 1.54) is 12.1 Å². The molecule has 0 saturated heterocycles. The van der Waals surface area contributed by atoms with Gasteiger partial charge in [-0.1, -0.05) is 42.5 Å². The van der Waals surface area contributed by atoms with Crippen molar-refractivity contribution in [2.75, 3.05) is 13.2 Å². The minimum Gasteiger partial charge on any atom is -0.489 e. The lowest BCUT2D eigenvalue weighted by Crippen LogP contribution is -2.15. The SMILES string of the molecule is CCOC(=O)COc1cc(C)c(Oc2ccc(OCc3ccccc3)c(Cc3ccc(F)cc3)c2)c2c1CCC2. The van der Waals surface area contributed by atoms with Gasteiger partial charge in [-0.15, -0.1) is 0 Å². The van der Waals surface area contributed by atoms with E-state index in [-0.39, 0.29) is 18.4 Å². The average molecular weight is 541 g/mol. The third-order valence-corrected chi connectivity index (χ3v) is 6.94. The second kappa shape index (κ2) is 12.7. The molecule has 0 saturated carbocycles. The number of fused-ring (bicyclic) bond motifs is 1. The van der Waals surface area contributed by atoms with Crippen LogP contribution in [0.3, 0.4) is 0 Å². The van der Waals surface area contributed by atoms with Crippen molar-refractivity contribution in [1.29, 1.82) is 0 Å². The molecule has 0 aromatic heterocycles. The molecule has 4 aromatic carbocycles. The number of aryl methyl sites for hydroxylation is 1. The number of rotatable bonds is 11. The van der Waals surface area contributed by atoms with Gasteiger partial charge in [-0.2, -0.15) is 0 Å². The summed E-state index contributed by atoms with van der Waals surface area (Å²) in [4.78, 5) is 11.8. The predicted octanol–water partition coefficient (Wildman–Crippen LogP) is 7.53. The number of carbonyl (C=O) groups excluding carboxylic acids is 1. The van der Waals surface area contributed by atoms with Crippen LogP contribution in [0.15, 0.2) is 78.9 Å². The van der Waals surface area contributed by atoms with Crippen LogP contribution in [0, 0.1) is 12.7 Å². The fraction of sp³-hybridized carbons (Fsp3) is 0.265. The summed E-state index contributed by atoms with van der Waals surface area (Å²) in [6.07, 6.45) is 3.31. The fourth-order valence-electron chi connectivity index (χ4n) is 5.04. The summed E-state index contributed by atoms with van der Waals surface area (Å²) in [5.74, 6) is 2.34. The zero-order valence-electron chi connectivity index (χ0n) is 22.9. The van der Waals surface area contributed by atoms with Crippen LogP contribution in [0.4, 0.5) is 4.39 Å². The van der Waals surface area contributed by atoms with Crippen molar-refractivity contribution in [3.8, 4) is 23.0 Å². The van der Waals surface area contributed by atoms with E-state index in [9.17, 15) is 9.18 Å². The molecule has 0 bridgehead atoms. The van der Waals surface area contributed by atoms with Crippen molar-refractivity contribution in [1.82, 2.24) is 0 Å². The molecule has 206 valence electrons. The van der Waals surface area contributed by atoms with E-state index >= 15 is 0 Å². The minimum absolute atomic E-state index is 0.114. The molecule has 0 spiro atoms. The maximum Gasteiger partial charge on any atom is 0.344 e. The van der Waals surface area contributed by atoms with Gasteiger partial charge in [0.05, 0.1) is 6.61 Å². The molecular formula is C34H33FO5. The Kier molecular flexibility index (Phi) is 8.65. The highest BCUT2D eigenvalue weighted by molar-refractivity contribution is 5.71. The van der Waals surface area contributed by atoms with E-state index in [0.717, 1.165) is 64.1 Å². The van der Waals surface area contributed by atoms with Gasteiger partial charge in [0.1, 0.15) is 35.4 Å². The molecule has 40 heavy (non-hydrogen) atoms. The van der Waals surface area contributed by atoms with Gasteiger partial charge < -0.3 is 18.9 Å². The Bertz CT molecular complexity index is 1460. The van der Waals surface area contributed by atoms with Gasteiger partial charge in [-0.3, -0.25) is 0 Å². The van der Waals surface area contributed by atoms with Crippen LogP contribution < -0.4 is 14.2 Å². The molecule has 0 radical (unpaired) electrons. The van der Waals surface area contributed by atoms with Crippen molar-refractivity contribution < 1.29 is 28.1 Å². The Hall–Kier alpha value is -4.32. The first-order valence-electron chi connectivity index (χ1n) is 13.7. The Morgan fingerprint density at radius 2 is 1.62 bits per heavy atom. The fourth-order valence-corrected chi connectivity index (χ4v) is 5.04. The third-order valence-electron chi connectivity index (χ3n) is 6.94. The highest BCUT2D eigenvalue weighted by Gasteiger charge is 2.24. The zero-order chi connectivity index (χ0) is 27.9. The number of hydrogen-bond acceptors (Lipinski definition) is 5. The lowest BCUT2D eigenvalue weighted by Gasteiger charge is -2.19. The van der Waals surface area contributed by atoms with Crippen LogP contribution in [0.25, 0.3) is 0 Å². The van der Waals surface area contributed by atoms with Gasteiger partial charge in [0.15, 0.2) is 6.61 Å². The van der Waals surface area contributed by atoms with E-state index in [4.69, 9.17) is 18.9 Å². The summed E-state index contributed by atoms with van der Waals surface area (Å²) in [7, 11) is 0. The van der Waals surface area contributed by atoms with Gasteiger partial charge in [-0.25, -0.2) is 9.18 Å². The van der Waals surface area contributed by atoms with E-state index in [1.54, 1.807) is 19.1 Å². The average Bonchev–Trinajstić information content (AvgIpc) is 3.45. The number of ether oxygens (including phenoxy) is 4. The summed E-state index contributed by atoms with van der Waals surface area (Å²) in [6, 6.07) is 24.3. The maximum absolute atomic E-state index is 13.5. The van der Waals surface area contributed by atoms with Crippen molar-refractivity contribution in [2.45, 2.75) is 46.1 Å². The highest BCUT2D eigenvalue weighted by atomic mass is 19.1. The molecular weight excluding hydrogens is 507 g/mol. The Balaban J connectivity index is 1.41. The van der Waals surface area contributed by atoms with Crippen molar-refractivity contribution in [3.05, 3.63) is 118 Å². The molecule has 0 fully saturated rings. The van der Waals surface area contributed by atoms with Gasteiger partial charge in [0.25, 0.3) is 0 Å². The monoisotopic (exact) mass is 540 g/mol. The Labute approximate surface area is 234 Å². The van der Waals surface area contributed by atoms with Crippen molar-refractivity contribution >= 4 is 5.97 Å². The van der Waals surface area contributed by atoms with Crippen LogP contribution in [-0.2, 0) is 35.4 Å². The molecule has 0 unspecified atom stereocenters. The molecule has 4 aromatic rings. The number of carbonyl (C=O) groups is 1. The number of esters is 1. The van der Waals surface area contributed by atoms with Crippen molar-refractivity contribution in [3.63, 3.8) is 0 Å². The van der Waals surface area contributed by atoms with Gasteiger partial charge in [-0.05, 0) is 86.2 Å². The molecule has 0 atom stereocenters. The van der Waals surface area contributed by atoms with Crippen LogP contribution in [0.2, 0.25) is 0 Å². The Morgan fingerprint density at radius 3 is 2.40 bits per heavy atom. The highest BCUT2D eigenvalue weighted by Crippen LogP contribution is 2.42. The molecule has 0 N–H and O–H groups in total. The largest absolute Gasteiger partial charge is 0.489 e. The van der Waals surface area contributed by atoms with Crippen LogP contribution in [-0.4, -0.2) is 19.2 Å². The first kappa shape index (κ1) is 27.3. The molecule has 5 nitrogen and oxygen atoms in total. The van der Waals surface area contributed by atoms with Crippen LogP contribution in [0.5, 0.6) is 23.0 Å². The van der Waals surface area contributed by atoms with E-state index in [0.29, 0.717) is 31.1 Å². The van der Waals surface area contributed by atoms with Crippen molar-refractivity contribution in [2.24, 2.45) is 0 Å². The third kappa shape index (κ3) is 6.63. The van der Waals surface area contributed by atoms with Gasteiger partial charge in [0.2, 0.25) is 0 Å². The molecule has 0 amide bonds. The zero-order valence-corrected chi connectivity index (χ0v) is 22.9. The first-order chi connectivity index (χ1) is 19.5. The second-order valence-electron chi connectivity index (χ2n) is 9.87.